The minimum atomic E-state index is -0.304. The third-order valence-electron chi connectivity index (χ3n) is 7.05. The van der Waals surface area contributed by atoms with Gasteiger partial charge in [-0.3, -0.25) is 14.7 Å². The third-order valence-corrected chi connectivity index (χ3v) is 7.05. The molecule has 2 aromatic rings. The first-order valence-corrected chi connectivity index (χ1v) is 10.7. The number of carbonyl (C=O) groups is 1. The van der Waals surface area contributed by atoms with Crippen molar-refractivity contribution in [2.75, 3.05) is 33.2 Å². The van der Waals surface area contributed by atoms with Crippen LogP contribution < -0.4 is 5.32 Å². The average molecular weight is 396 g/mol. The standard InChI is InChI=1S/C22H29N5O2/c1-26(13-18-10-20(25-29-18)19-8-4-5-9-24-19)21(28)22-14-23-11-16(22)12-27(15-22)17-6-2-3-7-17/h4-5,8-10,16-17,23H,2-3,6-7,11-15H2,1H3/t16-,22-/m1/s1. The average Bonchev–Trinajstić information content (AvgIpc) is 3.50. The molecular formula is C22H29N5O2. The maximum atomic E-state index is 13.6. The number of hydrogen-bond acceptors (Lipinski definition) is 6. The molecule has 1 N–H and O–H groups in total. The summed E-state index contributed by atoms with van der Waals surface area (Å²) in [6.07, 6.45) is 6.97. The first-order valence-electron chi connectivity index (χ1n) is 10.7. The number of fused-ring (bicyclic) bond motifs is 1. The summed E-state index contributed by atoms with van der Waals surface area (Å²) >= 11 is 0. The Hall–Kier alpha value is -2.25. The van der Waals surface area contributed by atoms with Crippen molar-refractivity contribution in [1.82, 2.24) is 25.3 Å². The number of hydrogen-bond donors (Lipinski definition) is 1. The number of amides is 1. The lowest BCUT2D eigenvalue weighted by molar-refractivity contribution is -0.141. The van der Waals surface area contributed by atoms with Crippen LogP contribution in [0.2, 0.25) is 0 Å². The minimum absolute atomic E-state index is 0.226. The second-order valence-corrected chi connectivity index (χ2v) is 8.91. The Bertz CT molecular complexity index is 863. The van der Waals surface area contributed by atoms with E-state index in [1.54, 1.807) is 6.20 Å². The van der Waals surface area contributed by atoms with Gasteiger partial charge in [-0.25, -0.2) is 0 Å². The van der Waals surface area contributed by atoms with Gasteiger partial charge in [0.2, 0.25) is 5.91 Å². The van der Waals surface area contributed by atoms with Crippen molar-refractivity contribution >= 4 is 5.91 Å². The van der Waals surface area contributed by atoms with E-state index >= 15 is 0 Å². The van der Waals surface area contributed by atoms with Gasteiger partial charge < -0.3 is 14.7 Å². The molecule has 0 aromatic carbocycles. The summed E-state index contributed by atoms with van der Waals surface area (Å²) in [5.41, 5.74) is 1.17. The van der Waals surface area contributed by atoms with Crippen LogP contribution in [0.25, 0.3) is 11.4 Å². The smallest absolute Gasteiger partial charge is 0.231 e. The van der Waals surface area contributed by atoms with Gasteiger partial charge in [0.05, 0.1) is 17.7 Å². The molecule has 1 aliphatic carbocycles. The van der Waals surface area contributed by atoms with Crippen molar-refractivity contribution in [3.05, 3.63) is 36.2 Å². The molecule has 2 aromatic heterocycles. The largest absolute Gasteiger partial charge is 0.359 e. The molecule has 0 radical (unpaired) electrons. The Labute approximate surface area is 171 Å². The van der Waals surface area contributed by atoms with Crippen molar-refractivity contribution in [2.45, 2.75) is 38.3 Å². The number of likely N-dealkylation sites (tertiary alicyclic amines) is 1. The van der Waals surface area contributed by atoms with E-state index in [0.717, 1.165) is 31.9 Å². The van der Waals surface area contributed by atoms with Gasteiger partial charge in [-0.15, -0.1) is 0 Å². The summed E-state index contributed by atoms with van der Waals surface area (Å²) in [6.45, 7) is 4.07. The monoisotopic (exact) mass is 395 g/mol. The Morgan fingerprint density at radius 3 is 3.00 bits per heavy atom. The van der Waals surface area contributed by atoms with E-state index in [2.05, 4.69) is 20.4 Å². The number of nitrogens with zero attached hydrogens (tertiary/aromatic N) is 4. The second-order valence-electron chi connectivity index (χ2n) is 8.91. The number of rotatable bonds is 5. The molecule has 0 spiro atoms. The van der Waals surface area contributed by atoms with Gasteiger partial charge in [0.15, 0.2) is 5.76 Å². The second kappa shape index (κ2) is 7.54. The van der Waals surface area contributed by atoms with Crippen LogP contribution in [0, 0.1) is 11.3 Å². The molecule has 29 heavy (non-hydrogen) atoms. The van der Waals surface area contributed by atoms with Gasteiger partial charge in [0.25, 0.3) is 0 Å². The highest BCUT2D eigenvalue weighted by atomic mass is 16.5. The van der Waals surface area contributed by atoms with Crippen LogP contribution in [0.3, 0.4) is 0 Å². The maximum absolute atomic E-state index is 13.6. The molecular weight excluding hydrogens is 366 g/mol. The van der Waals surface area contributed by atoms with Crippen molar-refractivity contribution in [2.24, 2.45) is 11.3 Å². The molecule has 0 unspecified atom stereocenters. The van der Waals surface area contributed by atoms with Crippen LogP contribution >= 0.6 is 0 Å². The highest BCUT2D eigenvalue weighted by Crippen LogP contribution is 2.43. The zero-order valence-corrected chi connectivity index (χ0v) is 17.0. The fourth-order valence-corrected chi connectivity index (χ4v) is 5.52. The fraction of sp³-hybridized carbons (Fsp3) is 0.591. The molecule has 1 saturated carbocycles. The Balaban J connectivity index is 1.29. The van der Waals surface area contributed by atoms with E-state index in [1.807, 2.05) is 36.2 Å². The molecule has 7 nitrogen and oxygen atoms in total. The van der Waals surface area contributed by atoms with Crippen LogP contribution in [-0.2, 0) is 11.3 Å². The SMILES string of the molecule is CN(Cc1cc(-c2ccccn2)no1)C(=O)[C@@]12CNC[C@@H]1CN(C1CCCC1)C2. The molecule has 154 valence electrons. The third kappa shape index (κ3) is 3.36. The normalized spacial score (nSPS) is 27.4. The molecule has 3 fully saturated rings. The number of pyridine rings is 1. The lowest BCUT2D eigenvalue weighted by atomic mass is 9.79. The Kier molecular flexibility index (Phi) is 4.87. The van der Waals surface area contributed by atoms with Gasteiger partial charge in [-0.05, 0) is 25.0 Å². The van der Waals surface area contributed by atoms with E-state index in [1.165, 1.54) is 25.7 Å². The number of nitrogens with one attached hydrogen (secondary N) is 1. The molecule has 2 saturated heterocycles. The highest BCUT2D eigenvalue weighted by molar-refractivity contribution is 5.84. The molecule has 4 heterocycles. The summed E-state index contributed by atoms with van der Waals surface area (Å²) in [4.78, 5) is 22.3. The lowest BCUT2D eigenvalue weighted by Crippen LogP contribution is -2.48. The number of aromatic nitrogens is 2. The minimum Gasteiger partial charge on any atom is -0.359 e. The first-order chi connectivity index (χ1) is 14.2. The highest BCUT2D eigenvalue weighted by Gasteiger charge is 2.56. The van der Waals surface area contributed by atoms with Gasteiger partial charge in [-0.2, -0.15) is 0 Å². The predicted octanol–water partition coefficient (Wildman–Crippen LogP) is 2.16. The molecule has 7 heteroatoms. The molecule has 1 amide bonds. The van der Waals surface area contributed by atoms with Crippen LogP contribution in [0.4, 0.5) is 0 Å². The summed E-state index contributed by atoms with van der Waals surface area (Å²) in [5.74, 6) is 1.31. The predicted molar refractivity (Wildman–Crippen MR) is 109 cm³/mol. The fourth-order valence-electron chi connectivity index (χ4n) is 5.52. The quantitative estimate of drug-likeness (QED) is 0.836. The maximum Gasteiger partial charge on any atom is 0.231 e. The molecule has 0 bridgehead atoms. The number of carbonyl (C=O) groups excluding carboxylic acids is 1. The molecule has 2 atom stereocenters. The van der Waals surface area contributed by atoms with Gasteiger partial charge in [0, 0.05) is 57.4 Å². The van der Waals surface area contributed by atoms with Gasteiger partial charge in [-0.1, -0.05) is 24.1 Å². The summed E-state index contributed by atoms with van der Waals surface area (Å²) in [5, 5.41) is 7.61. The van der Waals surface area contributed by atoms with Crippen molar-refractivity contribution in [1.29, 1.82) is 0 Å². The summed E-state index contributed by atoms with van der Waals surface area (Å²) in [7, 11) is 1.88. The van der Waals surface area contributed by atoms with Gasteiger partial charge >= 0.3 is 0 Å². The van der Waals surface area contributed by atoms with E-state index < -0.39 is 0 Å². The van der Waals surface area contributed by atoms with Crippen molar-refractivity contribution < 1.29 is 9.32 Å². The van der Waals surface area contributed by atoms with Crippen LogP contribution in [0.5, 0.6) is 0 Å². The van der Waals surface area contributed by atoms with Crippen LogP contribution in [0.15, 0.2) is 35.0 Å². The van der Waals surface area contributed by atoms with E-state index in [9.17, 15) is 4.79 Å². The lowest BCUT2D eigenvalue weighted by Gasteiger charge is -2.32. The first kappa shape index (κ1) is 18.8. The molecule has 5 rings (SSSR count). The van der Waals surface area contributed by atoms with Crippen molar-refractivity contribution in [3.63, 3.8) is 0 Å². The zero-order valence-electron chi connectivity index (χ0n) is 17.0. The molecule has 2 aliphatic heterocycles. The Morgan fingerprint density at radius 2 is 2.21 bits per heavy atom. The zero-order chi connectivity index (χ0) is 19.8. The summed E-state index contributed by atoms with van der Waals surface area (Å²) < 4.78 is 5.50. The Morgan fingerprint density at radius 1 is 1.34 bits per heavy atom. The van der Waals surface area contributed by atoms with Crippen molar-refractivity contribution in [3.8, 4) is 11.4 Å². The van der Waals surface area contributed by atoms with Gasteiger partial charge in [0.1, 0.15) is 5.69 Å². The van der Waals surface area contributed by atoms with Crippen LogP contribution in [-0.4, -0.2) is 65.1 Å². The molecule has 3 aliphatic rings. The van der Waals surface area contributed by atoms with E-state index in [4.69, 9.17) is 4.52 Å². The van der Waals surface area contributed by atoms with Crippen LogP contribution in [0.1, 0.15) is 31.4 Å². The summed E-state index contributed by atoms with van der Waals surface area (Å²) in [6, 6.07) is 8.26. The van der Waals surface area contributed by atoms with E-state index in [-0.39, 0.29) is 11.3 Å². The topological polar surface area (TPSA) is 74.5 Å². The van der Waals surface area contributed by atoms with E-state index in [0.29, 0.717) is 30.0 Å².